The van der Waals surface area contributed by atoms with Crippen LogP contribution in [-0.2, 0) is 11.3 Å². The number of carbonyl (C=O) groups excluding carboxylic acids is 2. The van der Waals surface area contributed by atoms with E-state index in [1.165, 1.54) is 22.9 Å². The van der Waals surface area contributed by atoms with Crippen LogP contribution in [0.2, 0.25) is 0 Å². The van der Waals surface area contributed by atoms with E-state index in [-0.39, 0.29) is 29.9 Å². The normalized spacial score (nSPS) is 25.0. The maximum atomic E-state index is 13.1. The molecule has 3 heterocycles. The molecule has 1 aromatic heterocycles. The van der Waals surface area contributed by atoms with Crippen LogP contribution in [0.3, 0.4) is 0 Å². The van der Waals surface area contributed by atoms with E-state index in [9.17, 15) is 23.9 Å². The van der Waals surface area contributed by atoms with Gasteiger partial charge >= 0.3 is 0 Å². The van der Waals surface area contributed by atoms with Crippen LogP contribution in [0.15, 0.2) is 35.3 Å². The van der Waals surface area contributed by atoms with Crippen LogP contribution in [0.5, 0.6) is 5.75 Å². The minimum atomic E-state index is -0.899. The summed E-state index contributed by atoms with van der Waals surface area (Å²) in [5.74, 6) is -2.27. The second kappa shape index (κ2) is 7.19. The quantitative estimate of drug-likeness (QED) is 0.780. The third kappa shape index (κ3) is 3.20. The predicted molar refractivity (Wildman–Crippen MR) is 107 cm³/mol. The molecule has 1 aromatic carbocycles. The number of ether oxygens (including phenoxy) is 1. The molecule has 3 aliphatic rings. The first-order chi connectivity index (χ1) is 14.8. The summed E-state index contributed by atoms with van der Waals surface area (Å²) in [4.78, 5) is 40.2. The van der Waals surface area contributed by atoms with Gasteiger partial charge in [-0.2, -0.15) is 0 Å². The summed E-state index contributed by atoms with van der Waals surface area (Å²) in [7, 11) is 0. The summed E-state index contributed by atoms with van der Waals surface area (Å²) in [6.07, 6.45) is 3.39. The first-order valence-corrected chi connectivity index (χ1v) is 10.3. The number of aromatic hydroxyl groups is 1. The lowest BCUT2D eigenvalue weighted by Crippen LogP contribution is -2.57. The molecule has 2 amide bonds. The predicted octanol–water partition coefficient (Wildman–Crippen LogP) is 1.92. The maximum absolute atomic E-state index is 13.1. The van der Waals surface area contributed by atoms with Gasteiger partial charge in [0.25, 0.3) is 11.8 Å². The fourth-order valence-corrected chi connectivity index (χ4v) is 4.82. The van der Waals surface area contributed by atoms with Crippen LogP contribution in [0.1, 0.15) is 58.6 Å². The maximum Gasteiger partial charge on any atom is 0.276 e. The fraction of sp³-hybridized carbons (Fsp3) is 0.409. The highest BCUT2D eigenvalue weighted by Gasteiger charge is 2.47. The molecule has 0 spiro atoms. The van der Waals surface area contributed by atoms with E-state index in [4.69, 9.17) is 4.74 Å². The van der Waals surface area contributed by atoms with Crippen LogP contribution < -0.4 is 10.7 Å². The molecule has 2 N–H and O–H groups in total. The Balaban J connectivity index is 1.45. The number of halogens is 1. The number of aromatic nitrogens is 1. The monoisotopic (exact) mass is 427 g/mol. The molecule has 5 rings (SSSR count). The summed E-state index contributed by atoms with van der Waals surface area (Å²) in [6, 6.07) is 5.20. The zero-order valence-electron chi connectivity index (χ0n) is 16.9. The largest absolute Gasteiger partial charge is 0.503 e. The van der Waals surface area contributed by atoms with Crippen molar-refractivity contribution in [1.29, 1.82) is 0 Å². The van der Waals surface area contributed by atoms with E-state index in [0.717, 1.165) is 19.3 Å². The van der Waals surface area contributed by atoms with Crippen molar-refractivity contribution in [2.45, 2.75) is 57.1 Å². The Labute approximate surface area is 177 Å². The fourth-order valence-electron chi connectivity index (χ4n) is 4.82. The minimum absolute atomic E-state index is 0.0408. The number of amides is 2. The molecule has 1 aliphatic carbocycles. The summed E-state index contributed by atoms with van der Waals surface area (Å²) >= 11 is 0. The standard InChI is InChI=1S/C22H22FN3O5/c1-11(12-2-4-13(23)5-3-12)24-21(29)16-9-25-10-17-26(14-6-7-15(8-14)31-17)22(30)18(25)20(28)19(16)27/h2-5,9,11,14-15,17,28H,6-8,10H2,1H3,(H,24,29)/t11-,14+,15-,17-/m0/s1. The van der Waals surface area contributed by atoms with Crippen LogP contribution in [0.4, 0.5) is 4.39 Å². The molecule has 0 radical (unpaired) electrons. The van der Waals surface area contributed by atoms with Gasteiger partial charge in [0.1, 0.15) is 11.4 Å². The van der Waals surface area contributed by atoms with Crippen molar-refractivity contribution in [2.24, 2.45) is 0 Å². The van der Waals surface area contributed by atoms with Crippen LogP contribution in [0, 0.1) is 5.82 Å². The molecule has 2 fully saturated rings. The van der Waals surface area contributed by atoms with Crippen molar-refractivity contribution in [2.75, 3.05) is 0 Å². The minimum Gasteiger partial charge on any atom is -0.503 e. The summed E-state index contributed by atoms with van der Waals surface area (Å²) < 4.78 is 20.6. The summed E-state index contributed by atoms with van der Waals surface area (Å²) in [6.45, 7) is 1.93. The molecule has 8 nitrogen and oxygen atoms in total. The topological polar surface area (TPSA) is 101 Å². The van der Waals surface area contributed by atoms with Gasteiger partial charge in [0, 0.05) is 12.2 Å². The number of pyridine rings is 1. The Morgan fingerprint density at radius 2 is 2.00 bits per heavy atom. The molecule has 9 heteroatoms. The van der Waals surface area contributed by atoms with Gasteiger partial charge in [0.15, 0.2) is 17.7 Å². The number of nitrogens with one attached hydrogen (secondary N) is 1. The summed E-state index contributed by atoms with van der Waals surface area (Å²) in [5.41, 5.74) is -0.619. The molecule has 2 aromatic rings. The molecule has 0 unspecified atom stereocenters. The molecule has 1 saturated carbocycles. The SMILES string of the molecule is C[C@H](NC(=O)c1cn2c(c(O)c1=O)C(=O)N1[C@@H]3CC[C@@H](C3)O[C@H]1C2)c1ccc(F)cc1. The van der Waals surface area contributed by atoms with E-state index in [2.05, 4.69) is 5.32 Å². The second-order valence-electron chi connectivity index (χ2n) is 8.36. The Hall–Kier alpha value is -3.20. The van der Waals surface area contributed by atoms with E-state index in [1.807, 2.05) is 0 Å². The Bertz CT molecular complexity index is 1130. The van der Waals surface area contributed by atoms with E-state index >= 15 is 0 Å². The first kappa shape index (κ1) is 19.7. The van der Waals surface area contributed by atoms with Gasteiger partial charge in [0.2, 0.25) is 5.43 Å². The van der Waals surface area contributed by atoms with Crippen molar-refractivity contribution >= 4 is 11.8 Å². The molecule has 4 atom stereocenters. The van der Waals surface area contributed by atoms with Gasteiger partial charge in [-0.15, -0.1) is 0 Å². The van der Waals surface area contributed by atoms with Gasteiger partial charge in [0.05, 0.1) is 18.7 Å². The number of nitrogens with zero attached hydrogens (tertiary/aromatic N) is 2. The van der Waals surface area contributed by atoms with Gasteiger partial charge < -0.3 is 24.6 Å². The Kier molecular flexibility index (Phi) is 4.58. The highest BCUT2D eigenvalue weighted by Crippen LogP contribution is 2.38. The highest BCUT2D eigenvalue weighted by atomic mass is 19.1. The third-order valence-electron chi connectivity index (χ3n) is 6.42. The number of rotatable bonds is 3. The van der Waals surface area contributed by atoms with Gasteiger partial charge in [-0.05, 0) is 43.9 Å². The van der Waals surface area contributed by atoms with Crippen LogP contribution in [0.25, 0.3) is 0 Å². The number of carbonyl (C=O) groups is 2. The van der Waals surface area contributed by atoms with Crippen molar-refractivity contribution in [3.05, 3.63) is 63.3 Å². The van der Waals surface area contributed by atoms with E-state index < -0.39 is 41.1 Å². The van der Waals surface area contributed by atoms with Crippen molar-refractivity contribution in [3.63, 3.8) is 0 Å². The average Bonchev–Trinajstić information content (AvgIpc) is 3.11. The van der Waals surface area contributed by atoms with Gasteiger partial charge in [-0.25, -0.2) is 4.39 Å². The molecule has 1 saturated heterocycles. The van der Waals surface area contributed by atoms with Gasteiger partial charge in [-0.1, -0.05) is 12.1 Å². The number of hydrogen-bond donors (Lipinski definition) is 2. The zero-order valence-corrected chi connectivity index (χ0v) is 16.9. The number of benzene rings is 1. The van der Waals surface area contributed by atoms with Crippen molar-refractivity contribution in [1.82, 2.24) is 14.8 Å². The Morgan fingerprint density at radius 1 is 1.26 bits per heavy atom. The number of hydrogen-bond acceptors (Lipinski definition) is 5. The lowest BCUT2D eigenvalue weighted by molar-refractivity contribution is -0.132. The molecular formula is C22H22FN3O5. The van der Waals surface area contributed by atoms with Gasteiger partial charge in [-0.3, -0.25) is 14.4 Å². The average molecular weight is 427 g/mol. The number of fused-ring (bicyclic) bond motifs is 5. The Morgan fingerprint density at radius 3 is 2.74 bits per heavy atom. The van der Waals surface area contributed by atoms with E-state index in [0.29, 0.717) is 5.56 Å². The molecule has 162 valence electrons. The lowest BCUT2D eigenvalue weighted by atomic mass is 10.1. The molecular weight excluding hydrogens is 405 g/mol. The highest BCUT2D eigenvalue weighted by molar-refractivity contribution is 5.99. The lowest BCUT2D eigenvalue weighted by Gasteiger charge is -2.44. The third-order valence-corrected chi connectivity index (χ3v) is 6.42. The van der Waals surface area contributed by atoms with Crippen LogP contribution >= 0.6 is 0 Å². The van der Waals surface area contributed by atoms with E-state index in [1.54, 1.807) is 24.0 Å². The molecule has 2 aliphatic heterocycles. The molecule has 2 bridgehead atoms. The summed E-state index contributed by atoms with van der Waals surface area (Å²) in [5, 5.41) is 13.2. The van der Waals surface area contributed by atoms with Crippen molar-refractivity contribution in [3.8, 4) is 5.75 Å². The first-order valence-electron chi connectivity index (χ1n) is 10.3. The smallest absolute Gasteiger partial charge is 0.276 e. The second-order valence-corrected chi connectivity index (χ2v) is 8.36. The van der Waals surface area contributed by atoms with Crippen molar-refractivity contribution < 1.29 is 23.8 Å². The van der Waals surface area contributed by atoms with Crippen LogP contribution in [-0.4, -0.2) is 44.8 Å². The zero-order chi connectivity index (χ0) is 21.9. The molecule has 31 heavy (non-hydrogen) atoms.